The van der Waals surface area contributed by atoms with Crippen molar-refractivity contribution in [3.05, 3.63) is 64.6 Å². The van der Waals surface area contributed by atoms with E-state index in [2.05, 4.69) is 10.2 Å². The standard InChI is InChI=1S/C18H15N3O3S/c1-12-6-8-13(9-7-12)16-19-20-17(24-16)25-11-10-21-14-4-2-3-5-15(14)23-18(21)22/h2-9H,10-11H2,1H3. The Labute approximate surface area is 147 Å². The van der Waals surface area contributed by atoms with Crippen LogP contribution >= 0.6 is 11.8 Å². The minimum absolute atomic E-state index is 0.354. The topological polar surface area (TPSA) is 74.1 Å². The molecule has 0 N–H and O–H groups in total. The van der Waals surface area contributed by atoms with Gasteiger partial charge in [0, 0.05) is 17.9 Å². The normalized spacial score (nSPS) is 11.2. The average molecular weight is 353 g/mol. The summed E-state index contributed by atoms with van der Waals surface area (Å²) in [6.07, 6.45) is 0. The van der Waals surface area contributed by atoms with Crippen LogP contribution < -0.4 is 5.76 Å². The van der Waals surface area contributed by atoms with Gasteiger partial charge in [-0.05, 0) is 31.2 Å². The highest BCUT2D eigenvalue weighted by atomic mass is 32.2. The van der Waals surface area contributed by atoms with Gasteiger partial charge in [0.1, 0.15) is 0 Å². The Balaban J connectivity index is 1.44. The molecule has 4 aromatic rings. The number of aryl methyl sites for hydroxylation is 2. The van der Waals surface area contributed by atoms with E-state index in [1.807, 2.05) is 49.4 Å². The van der Waals surface area contributed by atoms with Gasteiger partial charge in [0.2, 0.25) is 5.89 Å². The van der Waals surface area contributed by atoms with Crippen molar-refractivity contribution in [3.8, 4) is 11.5 Å². The van der Waals surface area contributed by atoms with E-state index in [4.69, 9.17) is 8.83 Å². The molecule has 2 aromatic carbocycles. The molecule has 0 saturated heterocycles. The molecule has 0 bridgehead atoms. The minimum Gasteiger partial charge on any atom is -0.411 e. The van der Waals surface area contributed by atoms with Gasteiger partial charge in [-0.3, -0.25) is 4.57 Å². The smallest absolute Gasteiger partial charge is 0.411 e. The molecular weight excluding hydrogens is 338 g/mol. The van der Waals surface area contributed by atoms with Gasteiger partial charge in [0.15, 0.2) is 5.58 Å². The zero-order valence-corrected chi connectivity index (χ0v) is 14.3. The van der Waals surface area contributed by atoms with E-state index < -0.39 is 0 Å². The summed E-state index contributed by atoms with van der Waals surface area (Å²) in [5, 5.41) is 8.61. The van der Waals surface area contributed by atoms with Crippen molar-refractivity contribution in [1.29, 1.82) is 0 Å². The number of para-hydroxylation sites is 2. The fourth-order valence-corrected chi connectivity index (χ4v) is 3.22. The first-order chi connectivity index (χ1) is 12.2. The van der Waals surface area contributed by atoms with Crippen molar-refractivity contribution in [3.63, 3.8) is 0 Å². The Morgan fingerprint density at radius 3 is 2.68 bits per heavy atom. The van der Waals surface area contributed by atoms with Crippen LogP contribution in [0.3, 0.4) is 0 Å². The van der Waals surface area contributed by atoms with E-state index in [-0.39, 0.29) is 5.76 Å². The molecule has 0 fully saturated rings. The summed E-state index contributed by atoms with van der Waals surface area (Å²) >= 11 is 1.41. The lowest BCUT2D eigenvalue weighted by atomic mass is 10.1. The number of aromatic nitrogens is 3. The maximum Gasteiger partial charge on any atom is 0.419 e. The highest BCUT2D eigenvalue weighted by Crippen LogP contribution is 2.23. The van der Waals surface area contributed by atoms with Gasteiger partial charge in [-0.15, -0.1) is 10.2 Å². The van der Waals surface area contributed by atoms with Crippen LogP contribution in [0, 0.1) is 6.92 Å². The number of fused-ring (bicyclic) bond motifs is 1. The van der Waals surface area contributed by atoms with Gasteiger partial charge < -0.3 is 8.83 Å². The number of hydrogen-bond donors (Lipinski definition) is 0. The summed E-state index contributed by atoms with van der Waals surface area (Å²) < 4.78 is 12.5. The summed E-state index contributed by atoms with van der Waals surface area (Å²) in [7, 11) is 0. The van der Waals surface area contributed by atoms with Crippen molar-refractivity contribution >= 4 is 22.9 Å². The predicted octanol–water partition coefficient (Wildman–Crippen LogP) is 3.75. The van der Waals surface area contributed by atoms with E-state index in [0.717, 1.165) is 11.1 Å². The van der Waals surface area contributed by atoms with Crippen LogP contribution in [0.5, 0.6) is 0 Å². The fraction of sp³-hybridized carbons (Fsp3) is 0.167. The van der Waals surface area contributed by atoms with Crippen LogP contribution in [0.15, 0.2) is 67.4 Å². The van der Waals surface area contributed by atoms with Crippen molar-refractivity contribution < 1.29 is 8.83 Å². The molecule has 0 saturated carbocycles. The number of hydrogen-bond acceptors (Lipinski definition) is 6. The Bertz CT molecular complexity index is 1060. The third-order valence-electron chi connectivity index (χ3n) is 3.82. The lowest BCUT2D eigenvalue weighted by molar-refractivity contribution is 0.465. The molecule has 0 spiro atoms. The minimum atomic E-state index is -0.354. The second-order valence-electron chi connectivity index (χ2n) is 5.57. The highest BCUT2D eigenvalue weighted by Gasteiger charge is 2.11. The second kappa shape index (κ2) is 6.60. The molecule has 0 radical (unpaired) electrons. The van der Waals surface area contributed by atoms with Crippen LogP contribution in [0.2, 0.25) is 0 Å². The first kappa shape index (κ1) is 15.7. The van der Waals surface area contributed by atoms with Gasteiger partial charge in [0.05, 0.1) is 5.52 Å². The summed E-state index contributed by atoms with van der Waals surface area (Å²) in [5.41, 5.74) is 3.45. The molecule has 0 atom stereocenters. The van der Waals surface area contributed by atoms with Crippen LogP contribution in [0.4, 0.5) is 0 Å². The van der Waals surface area contributed by atoms with Gasteiger partial charge in [-0.2, -0.15) is 0 Å². The van der Waals surface area contributed by atoms with Crippen LogP contribution in [-0.2, 0) is 6.54 Å². The van der Waals surface area contributed by atoms with E-state index in [9.17, 15) is 4.79 Å². The van der Waals surface area contributed by atoms with E-state index in [1.54, 1.807) is 10.6 Å². The molecule has 0 amide bonds. The van der Waals surface area contributed by atoms with Crippen molar-refractivity contribution in [1.82, 2.24) is 14.8 Å². The second-order valence-corrected chi connectivity index (χ2v) is 6.62. The van der Waals surface area contributed by atoms with Gasteiger partial charge in [-0.1, -0.05) is 41.6 Å². The number of oxazole rings is 1. The molecule has 0 aliphatic heterocycles. The Morgan fingerprint density at radius 2 is 1.84 bits per heavy atom. The average Bonchev–Trinajstić information content (AvgIpc) is 3.21. The molecule has 126 valence electrons. The van der Waals surface area contributed by atoms with Crippen LogP contribution in [0.1, 0.15) is 5.56 Å². The lowest BCUT2D eigenvalue weighted by Crippen LogP contribution is -2.15. The molecule has 0 aliphatic carbocycles. The quantitative estimate of drug-likeness (QED) is 0.509. The molecule has 4 rings (SSSR count). The summed E-state index contributed by atoms with van der Waals surface area (Å²) in [5.74, 6) is 0.764. The lowest BCUT2D eigenvalue weighted by Gasteiger charge is -1.99. The molecule has 0 unspecified atom stereocenters. The van der Waals surface area contributed by atoms with Crippen LogP contribution in [0.25, 0.3) is 22.6 Å². The zero-order valence-electron chi connectivity index (χ0n) is 13.5. The largest absolute Gasteiger partial charge is 0.419 e. The van der Waals surface area contributed by atoms with Crippen molar-refractivity contribution in [2.24, 2.45) is 0 Å². The number of nitrogens with zero attached hydrogens (tertiary/aromatic N) is 3. The van der Waals surface area contributed by atoms with E-state index >= 15 is 0 Å². The Kier molecular flexibility index (Phi) is 4.15. The molecule has 0 aliphatic rings. The molecule has 2 heterocycles. The number of benzene rings is 2. The monoisotopic (exact) mass is 353 g/mol. The fourth-order valence-electron chi connectivity index (χ4n) is 2.53. The molecule has 25 heavy (non-hydrogen) atoms. The summed E-state index contributed by atoms with van der Waals surface area (Å²) in [6.45, 7) is 2.53. The number of thioether (sulfide) groups is 1. The van der Waals surface area contributed by atoms with Gasteiger partial charge in [-0.25, -0.2) is 4.79 Å². The van der Waals surface area contributed by atoms with Crippen LogP contribution in [-0.4, -0.2) is 20.5 Å². The SMILES string of the molecule is Cc1ccc(-c2nnc(SCCn3c(=O)oc4ccccc43)o2)cc1. The van der Waals surface area contributed by atoms with Gasteiger partial charge >= 0.3 is 5.76 Å². The van der Waals surface area contributed by atoms with Crippen molar-refractivity contribution in [2.75, 3.05) is 5.75 Å². The van der Waals surface area contributed by atoms with E-state index in [1.165, 1.54) is 17.3 Å². The first-order valence-electron chi connectivity index (χ1n) is 7.82. The van der Waals surface area contributed by atoms with E-state index in [0.29, 0.717) is 29.0 Å². The van der Waals surface area contributed by atoms with Crippen molar-refractivity contribution in [2.45, 2.75) is 18.7 Å². The summed E-state index contributed by atoms with van der Waals surface area (Å²) in [4.78, 5) is 11.9. The zero-order chi connectivity index (χ0) is 17.2. The summed E-state index contributed by atoms with van der Waals surface area (Å²) in [6, 6.07) is 15.3. The molecule has 7 heteroatoms. The third kappa shape index (κ3) is 3.23. The third-order valence-corrected chi connectivity index (χ3v) is 4.62. The number of rotatable bonds is 5. The Hall–Kier alpha value is -2.80. The van der Waals surface area contributed by atoms with Gasteiger partial charge in [0.25, 0.3) is 5.22 Å². The molecule has 2 aromatic heterocycles. The molecular formula is C18H15N3O3S. The maximum absolute atomic E-state index is 11.9. The maximum atomic E-state index is 11.9. The highest BCUT2D eigenvalue weighted by molar-refractivity contribution is 7.99. The Morgan fingerprint density at radius 1 is 1.04 bits per heavy atom. The molecule has 6 nitrogen and oxygen atoms in total. The first-order valence-corrected chi connectivity index (χ1v) is 8.81. The predicted molar refractivity (Wildman–Crippen MR) is 95.7 cm³/mol.